The Labute approximate surface area is 66.5 Å². The van der Waals surface area contributed by atoms with Gasteiger partial charge in [-0.15, -0.1) is 11.3 Å². The SMILES string of the molecule is Cc1cnc(C(=O)C(=O)O)s1. The number of nitrogens with zero attached hydrogens (tertiary/aromatic N) is 1. The summed E-state index contributed by atoms with van der Waals surface area (Å²) in [5.74, 6) is -2.40. The van der Waals surface area contributed by atoms with Gasteiger partial charge in [-0.25, -0.2) is 9.78 Å². The maximum absolute atomic E-state index is 10.7. The molecular formula is C6H5NO3S. The summed E-state index contributed by atoms with van der Waals surface area (Å²) in [7, 11) is 0. The number of aryl methyl sites for hydroxylation is 1. The molecule has 4 nitrogen and oxygen atoms in total. The predicted molar refractivity (Wildman–Crippen MR) is 38.8 cm³/mol. The molecule has 0 aromatic carbocycles. The highest BCUT2D eigenvalue weighted by Gasteiger charge is 2.17. The molecule has 0 atom stereocenters. The van der Waals surface area contributed by atoms with Gasteiger partial charge in [0.25, 0.3) is 5.78 Å². The van der Waals surface area contributed by atoms with Crippen LogP contribution in [0, 0.1) is 6.92 Å². The number of rotatable bonds is 2. The minimum Gasteiger partial charge on any atom is -0.475 e. The maximum Gasteiger partial charge on any atom is 0.379 e. The largest absolute Gasteiger partial charge is 0.475 e. The highest BCUT2D eigenvalue weighted by Crippen LogP contribution is 2.11. The zero-order chi connectivity index (χ0) is 8.43. The third-order valence-corrected chi connectivity index (χ3v) is 1.92. The molecule has 0 amide bonds. The van der Waals surface area contributed by atoms with Crippen molar-refractivity contribution in [1.82, 2.24) is 4.98 Å². The molecule has 0 bridgehead atoms. The number of hydrogen-bond donors (Lipinski definition) is 1. The second-order valence-electron chi connectivity index (χ2n) is 1.91. The van der Waals surface area contributed by atoms with Gasteiger partial charge >= 0.3 is 5.97 Å². The average Bonchev–Trinajstić information content (AvgIpc) is 2.34. The minimum absolute atomic E-state index is 0.0370. The molecule has 0 saturated carbocycles. The summed E-state index contributed by atoms with van der Waals surface area (Å²) in [4.78, 5) is 25.3. The van der Waals surface area contributed by atoms with Gasteiger partial charge in [0.15, 0.2) is 5.01 Å². The summed E-state index contributed by atoms with van der Waals surface area (Å²) in [6.45, 7) is 1.76. The lowest BCUT2D eigenvalue weighted by atomic mass is 10.4. The normalized spacial score (nSPS) is 9.55. The number of aliphatic carboxylic acids is 1. The molecule has 1 aromatic rings. The third-order valence-electron chi connectivity index (χ3n) is 1.01. The summed E-state index contributed by atoms with van der Waals surface area (Å²) in [6.07, 6.45) is 1.47. The highest BCUT2D eigenvalue weighted by molar-refractivity contribution is 7.14. The first-order valence-corrected chi connectivity index (χ1v) is 3.63. The lowest BCUT2D eigenvalue weighted by Gasteiger charge is -1.84. The van der Waals surface area contributed by atoms with Crippen molar-refractivity contribution in [1.29, 1.82) is 0 Å². The van der Waals surface area contributed by atoms with Crippen LogP contribution < -0.4 is 0 Å². The van der Waals surface area contributed by atoms with E-state index in [0.29, 0.717) is 0 Å². The molecule has 1 N–H and O–H groups in total. The second kappa shape index (κ2) is 2.79. The number of carboxylic acid groups (broad SMARTS) is 1. The van der Waals surface area contributed by atoms with E-state index in [0.717, 1.165) is 16.2 Å². The van der Waals surface area contributed by atoms with Crippen LogP contribution in [-0.2, 0) is 4.79 Å². The van der Waals surface area contributed by atoms with E-state index in [4.69, 9.17) is 5.11 Å². The zero-order valence-corrected chi connectivity index (χ0v) is 6.51. The first-order chi connectivity index (χ1) is 5.11. The Morgan fingerprint density at radius 1 is 1.64 bits per heavy atom. The fourth-order valence-electron chi connectivity index (χ4n) is 0.551. The average molecular weight is 171 g/mol. The smallest absolute Gasteiger partial charge is 0.379 e. The molecule has 0 spiro atoms. The van der Waals surface area contributed by atoms with Gasteiger partial charge in [-0.3, -0.25) is 4.79 Å². The van der Waals surface area contributed by atoms with Crippen molar-refractivity contribution in [3.63, 3.8) is 0 Å². The fourth-order valence-corrected chi connectivity index (χ4v) is 1.25. The molecule has 0 saturated heterocycles. The van der Waals surface area contributed by atoms with Gasteiger partial charge < -0.3 is 5.11 Å². The Kier molecular flexibility index (Phi) is 2.00. The van der Waals surface area contributed by atoms with E-state index in [-0.39, 0.29) is 5.01 Å². The number of hydrogen-bond acceptors (Lipinski definition) is 4. The van der Waals surface area contributed by atoms with Gasteiger partial charge in [-0.1, -0.05) is 0 Å². The summed E-state index contributed by atoms with van der Waals surface area (Å²) in [5.41, 5.74) is 0. The van der Waals surface area contributed by atoms with Crippen LogP contribution in [0.5, 0.6) is 0 Å². The van der Waals surface area contributed by atoms with E-state index in [1.54, 1.807) is 6.92 Å². The molecule has 5 heteroatoms. The first-order valence-electron chi connectivity index (χ1n) is 2.81. The quantitative estimate of drug-likeness (QED) is 0.526. The van der Waals surface area contributed by atoms with Gasteiger partial charge in [0.2, 0.25) is 0 Å². The van der Waals surface area contributed by atoms with Crippen molar-refractivity contribution in [2.45, 2.75) is 6.92 Å². The van der Waals surface area contributed by atoms with Crippen molar-refractivity contribution >= 4 is 23.1 Å². The fraction of sp³-hybridized carbons (Fsp3) is 0.167. The first kappa shape index (κ1) is 7.87. The molecule has 0 radical (unpaired) electrons. The molecule has 58 valence electrons. The van der Waals surface area contributed by atoms with Gasteiger partial charge in [-0.05, 0) is 6.92 Å². The van der Waals surface area contributed by atoms with Crippen LogP contribution in [-0.4, -0.2) is 21.8 Å². The number of thiazole rings is 1. The summed E-state index contributed by atoms with van der Waals surface area (Å²) >= 11 is 1.08. The van der Waals surface area contributed by atoms with Crippen molar-refractivity contribution in [3.8, 4) is 0 Å². The lowest BCUT2D eigenvalue weighted by Crippen LogP contribution is -2.11. The minimum atomic E-state index is -1.46. The van der Waals surface area contributed by atoms with Crippen LogP contribution >= 0.6 is 11.3 Å². The van der Waals surface area contributed by atoms with E-state index in [1.807, 2.05) is 0 Å². The monoisotopic (exact) mass is 171 g/mol. The Balaban J connectivity index is 2.94. The highest BCUT2D eigenvalue weighted by atomic mass is 32.1. The Hall–Kier alpha value is -1.23. The molecule has 1 heterocycles. The van der Waals surface area contributed by atoms with Crippen LogP contribution in [0.4, 0.5) is 0 Å². The Morgan fingerprint density at radius 2 is 2.27 bits per heavy atom. The van der Waals surface area contributed by atoms with Gasteiger partial charge in [0.05, 0.1) is 0 Å². The van der Waals surface area contributed by atoms with Crippen molar-refractivity contribution in [2.75, 3.05) is 0 Å². The third kappa shape index (κ3) is 1.62. The van der Waals surface area contributed by atoms with E-state index in [9.17, 15) is 9.59 Å². The molecule has 1 rings (SSSR count). The van der Waals surface area contributed by atoms with E-state index in [2.05, 4.69) is 4.98 Å². The van der Waals surface area contributed by atoms with Crippen LogP contribution in [0.25, 0.3) is 0 Å². The van der Waals surface area contributed by atoms with Crippen LogP contribution in [0.1, 0.15) is 14.7 Å². The van der Waals surface area contributed by atoms with Crippen LogP contribution in [0.2, 0.25) is 0 Å². The Bertz CT molecular complexity index is 305. The molecule has 0 unspecified atom stereocenters. The van der Waals surface area contributed by atoms with Crippen LogP contribution in [0.3, 0.4) is 0 Å². The number of carbonyl (C=O) groups is 2. The molecule has 0 fully saturated rings. The van der Waals surface area contributed by atoms with E-state index >= 15 is 0 Å². The van der Waals surface area contributed by atoms with Gasteiger partial charge in [0, 0.05) is 11.1 Å². The van der Waals surface area contributed by atoms with Gasteiger partial charge in [-0.2, -0.15) is 0 Å². The summed E-state index contributed by atoms with van der Waals surface area (Å²) < 4.78 is 0. The summed E-state index contributed by atoms with van der Waals surface area (Å²) in [5, 5.41) is 8.30. The van der Waals surface area contributed by atoms with Crippen LogP contribution in [0.15, 0.2) is 6.20 Å². The topological polar surface area (TPSA) is 67.3 Å². The standard InChI is InChI=1S/C6H5NO3S/c1-3-2-7-5(11-3)4(8)6(9)10/h2H,1H3,(H,9,10). The molecule has 0 aliphatic heterocycles. The van der Waals surface area contributed by atoms with E-state index < -0.39 is 11.8 Å². The maximum atomic E-state index is 10.7. The zero-order valence-electron chi connectivity index (χ0n) is 5.70. The molecule has 11 heavy (non-hydrogen) atoms. The molecule has 0 aliphatic rings. The number of carbonyl (C=O) groups excluding carboxylic acids is 1. The van der Waals surface area contributed by atoms with Crippen molar-refractivity contribution in [3.05, 3.63) is 16.1 Å². The van der Waals surface area contributed by atoms with Crippen molar-refractivity contribution < 1.29 is 14.7 Å². The Morgan fingerprint density at radius 3 is 2.64 bits per heavy atom. The van der Waals surface area contributed by atoms with E-state index in [1.165, 1.54) is 6.20 Å². The summed E-state index contributed by atoms with van der Waals surface area (Å²) in [6, 6.07) is 0. The number of ketones is 1. The number of Topliss-reactive ketones (excluding diaryl/α,β-unsaturated/α-hetero) is 1. The van der Waals surface area contributed by atoms with Gasteiger partial charge in [0.1, 0.15) is 0 Å². The second-order valence-corrected chi connectivity index (χ2v) is 3.15. The predicted octanol–water partition coefficient (Wildman–Crippen LogP) is 0.719. The lowest BCUT2D eigenvalue weighted by molar-refractivity contribution is -0.131. The molecular weight excluding hydrogens is 166 g/mol. The molecule has 1 aromatic heterocycles. The number of aromatic nitrogens is 1. The van der Waals surface area contributed by atoms with Crippen molar-refractivity contribution in [2.24, 2.45) is 0 Å². The molecule has 0 aliphatic carbocycles. The number of carboxylic acids is 1.